The quantitative estimate of drug-likeness (QED) is 0.876. The molecule has 0 spiro atoms. The molecule has 2 aliphatic rings. The molecule has 1 aromatic heterocycles. The van der Waals surface area contributed by atoms with E-state index in [1.807, 2.05) is 6.07 Å². The standard InChI is InChI=1S/C17H28N4O/c1-2-13-5-7-14(8-6-13)20-16-10-17(19-12-18-16)21-9-3-4-15(21)11-22/h10,12-15,22H,2-9,11H2,1H3,(H,18,19,20). The van der Waals surface area contributed by atoms with Crippen LogP contribution in [0.4, 0.5) is 11.6 Å². The summed E-state index contributed by atoms with van der Waals surface area (Å²) < 4.78 is 0. The Morgan fingerprint density at radius 3 is 2.77 bits per heavy atom. The molecule has 1 aliphatic heterocycles. The van der Waals surface area contributed by atoms with Crippen LogP contribution >= 0.6 is 0 Å². The summed E-state index contributed by atoms with van der Waals surface area (Å²) in [5.41, 5.74) is 0. The third-order valence-corrected chi connectivity index (χ3v) is 5.31. The van der Waals surface area contributed by atoms with Gasteiger partial charge in [0.2, 0.25) is 0 Å². The Labute approximate surface area is 133 Å². The molecular weight excluding hydrogens is 276 g/mol. The highest BCUT2D eigenvalue weighted by atomic mass is 16.3. The van der Waals surface area contributed by atoms with E-state index >= 15 is 0 Å². The number of aliphatic hydroxyl groups excluding tert-OH is 1. The second-order valence-electron chi connectivity index (χ2n) is 6.70. The van der Waals surface area contributed by atoms with Crippen LogP contribution in [-0.4, -0.2) is 40.3 Å². The first-order valence-corrected chi connectivity index (χ1v) is 8.76. The minimum Gasteiger partial charge on any atom is -0.394 e. The van der Waals surface area contributed by atoms with Gasteiger partial charge in [-0.05, 0) is 44.4 Å². The van der Waals surface area contributed by atoms with Gasteiger partial charge in [0.25, 0.3) is 0 Å². The minimum atomic E-state index is 0.202. The highest BCUT2D eigenvalue weighted by molar-refractivity contribution is 5.50. The lowest BCUT2D eigenvalue weighted by Gasteiger charge is -2.29. The van der Waals surface area contributed by atoms with Crippen LogP contribution in [0.1, 0.15) is 51.9 Å². The molecule has 1 saturated carbocycles. The van der Waals surface area contributed by atoms with Crippen molar-refractivity contribution < 1.29 is 5.11 Å². The normalized spacial score (nSPS) is 28.8. The van der Waals surface area contributed by atoms with E-state index in [0.29, 0.717) is 6.04 Å². The minimum absolute atomic E-state index is 0.202. The van der Waals surface area contributed by atoms with Gasteiger partial charge in [0.05, 0.1) is 12.6 Å². The third kappa shape index (κ3) is 3.51. The molecule has 2 heterocycles. The van der Waals surface area contributed by atoms with Crippen molar-refractivity contribution in [2.45, 2.75) is 64.0 Å². The summed E-state index contributed by atoms with van der Waals surface area (Å²) in [6.45, 7) is 3.47. The first-order valence-electron chi connectivity index (χ1n) is 8.76. The zero-order chi connectivity index (χ0) is 15.4. The maximum Gasteiger partial charge on any atom is 0.134 e. The molecule has 3 rings (SSSR count). The first-order chi connectivity index (χ1) is 10.8. The van der Waals surface area contributed by atoms with Crippen molar-refractivity contribution in [1.29, 1.82) is 0 Å². The molecule has 2 N–H and O–H groups in total. The Morgan fingerprint density at radius 2 is 2.05 bits per heavy atom. The number of nitrogens with zero attached hydrogens (tertiary/aromatic N) is 3. The first kappa shape index (κ1) is 15.5. The highest BCUT2D eigenvalue weighted by Crippen LogP contribution is 2.29. The van der Waals surface area contributed by atoms with Crippen LogP contribution in [0.15, 0.2) is 12.4 Å². The highest BCUT2D eigenvalue weighted by Gasteiger charge is 2.25. The van der Waals surface area contributed by atoms with E-state index in [9.17, 15) is 5.11 Å². The summed E-state index contributed by atoms with van der Waals surface area (Å²) in [4.78, 5) is 11.0. The number of aliphatic hydroxyl groups is 1. The maximum atomic E-state index is 9.48. The van der Waals surface area contributed by atoms with Crippen LogP contribution in [0.25, 0.3) is 0 Å². The Kier molecular flexibility index (Phi) is 5.13. The molecule has 122 valence electrons. The van der Waals surface area contributed by atoms with Gasteiger partial charge < -0.3 is 15.3 Å². The largest absolute Gasteiger partial charge is 0.394 e. The van der Waals surface area contributed by atoms with Gasteiger partial charge in [-0.25, -0.2) is 9.97 Å². The van der Waals surface area contributed by atoms with Gasteiger partial charge in [-0.2, -0.15) is 0 Å². The number of aromatic nitrogens is 2. The molecule has 1 aliphatic carbocycles. The maximum absolute atomic E-state index is 9.48. The Bertz CT molecular complexity index is 473. The number of anilines is 2. The summed E-state index contributed by atoms with van der Waals surface area (Å²) in [6, 6.07) is 2.79. The fourth-order valence-corrected chi connectivity index (χ4v) is 3.83. The Hall–Kier alpha value is -1.36. The molecule has 0 bridgehead atoms. The molecule has 22 heavy (non-hydrogen) atoms. The van der Waals surface area contributed by atoms with E-state index < -0.39 is 0 Å². The average molecular weight is 304 g/mol. The fraction of sp³-hybridized carbons (Fsp3) is 0.765. The SMILES string of the molecule is CCC1CCC(Nc2cc(N3CCCC3CO)ncn2)CC1. The van der Waals surface area contributed by atoms with Crippen molar-refractivity contribution >= 4 is 11.6 Å². The molecule has 5 nitrogen and oxygen atoms in total. The summed E-state index contributed by atoms with van der Waals surface area (Å²) >= 11 is 0. The van der Waals surface area contributed by atoms with Crippen LogP contribution in [0.2, 0.25) is 0 Å². The fourth-order valence-electron chi connectivity index (χ4n) is 3.83. The number of hydrogen-bond donors (Lipinski definition) is 2. The van der Waals surface area contributed by atoms with Gasteiger partial charge in [0.15, 0.2) is 0 Å². The van der Waals surface area contributed by atoms with E-state index in [-0.39, 0.29) is 12.6 Å². The predicted octanol–water partition coefficient (Wildman–Crippen LogP) is 2.82. The Morgan fingerprint density at radius 1 is 1.23 bits per heavy atom. The smallest absolute Gasteiger partial charge is 0.134 e. The number of hydrogen-bond acceptors (Lipinski definition) is 5. The molecule has 1 unspecified atom stereocenters. The lowest BCUT2D eigenvalue weighted by Crippen LogP contribution is -2.33. The lowest BCUT2D eigenvalue weighted by molar-refractivity contribution is 0.266. The summed E-state index contributed by atoms with van der Waals surface area (Å²) in [5.74, 6) is 2.78. The molecule has 1 saturated heterocycles. The van der Waals surface area contributed by atoms with Crippen LogP contribution < -0.4 is 10.2 Å². The molecule has 0 aromatic carbocycles. The van der Waals surface area contributed by atoms with Crippen molar-refractivity contribution in [2.24, 2.45) is 5.92 Å². The van der Waals surface area contributed by atoms with Gasteiger partial charge in [0.1, 0.15) is 18.0 Å². The molecule has 2 fully saturated rings. The lowest BCUT2D eigenvalue weighted by atomic mass is 9.84. The van der Waals surface area contributed by atoms with Crippen molar-refractivity contribution in [3.8, 4) is 0 Å². The average Bonchev–Trinajstić information content (AvgIpc) is 3.04. The molecular formula is C17H28N4O. The number of rotatable bonds is 5. The van der Waals surface area contributed by atoms with Crippen molar-refractivity contribution in [3.63, 3.8) is 0 Å². The second kappa shape index (κ2) is 7.27. The van der Waals surface area contributed by atoms with Gasteiger partial charge >= 0.3 is 0 Å². The summed E-state index contributed by atoms with van der Waals surface area (Å²) in [7, 11) is 0. The molecule has 1 aromatic rings. The molecule has 0 radical (unpaired) electrons. The van der Waals surface area contributed by atoms with Crippen molar-refractivity contribution in [1.82, 2.24) is 9.97 Å². The van der Waals surface area contributed by atoms with E-state index in [2.05, 4.69) is 27.1 Å². The zero-order valence-electron chi connectivity index (χ0n) is 13.5. The van der Waals surface area contributed by atoms with Gasteiger partial charge in [-0.1, -0.05) is 13.3 Å². The van der Waals surface area contributed by atoms with Crippen LogP contribution in [-0.2, 0) is 0 Å². The van der Waals surface area contributed by atoms with E-state index in [0.717, 1.165) is 36.9 Å². The summed E-state index contributed by atoms with van der Waals surface area (Å²) in [6.07, 6.45) is 10.2. The summed E-state index contributed by atoms with van der Waals surface area (Å²) in [5, 5.41) is 13.1. The van der Waals surface area contributed by atoms with Crippen LogP contribution in [0.3, 0.4) is 0 Å². The van der Waals surface area contributed by atoms with E-state index in [4.69, 9.17) is 0 Å². The Balaban J connectivity index is 1.62. The predicted molar refractivity (Wildman–Crippen MR) is 89.1 cm³/mol. The zero-order valence-corrected chi connectivity index (χ0v) is 13.5. The van der Waals surface area contributed by atoms with Crippen molar-refractivity contribution in [2.75, 3.05) is 23.4 Å². The monoisotopic (exact) mass is 304 g/mol. The molecule has 5 heteroatoms. The van der Waals surface area contributed by atoms with E-state index in [1.54, 1.807) is 6.33 Å². The van der Waals surface area contributed by atoms with Gasteiger partial charge in [0, 0.05) is 18.7 Å². The van der Waals surface area contributed by atoms with Gasteiger partial charge in [-0.15, -0.1) is 0 Å². The van der Waals surface area contributed by atoms with Crippen molar-refractivity contribution in [3.05, 3.63) is 12.4 Å². The molecule has 1 atom stereocenters. The number of nitrogens with one attached hydrogen (secondary N) is 1. The van der Waals surface area contributed by atoms with E-state index in [1.165, 1.54) is 32.1 Å². The second-order valence-corrected chi connectivity index (χ2v) is 6.70. The van der Waals surface area contributed by atoms with Crippen LogP contribution in [0, 0.1) is 5.92 Å². The molecule has 0 amide bonds. The third-order valence-electron chi connectivity index (χ3n) is 5.31. The van der Waals surface area contributed by atoms with Gasteiger partial charge in [-0.3, -0.25) is 0 Å². The topological polar surface area (TPSA) is 61.3 Å². The van der Waals surface area contributed by atoms with Crippen LogP contribution in [0.5, 0.6) is 0 Å².